The molecule has 2 N–H and O–H groups in total. The lowest BCUT2D eigenvalue weighted by atomic mass is 9.90. The smallest absolute Gasteiger partial charge is 0.410 e. The van der Waals surface area contributed by atoms with Crippen molar-refractivity contribution in [1.82, 2.24) is 4.90 Å². The van der Waals surface area contributed by atoms with Crippen LogP contribution in [-0.2, 0) is 4.74 Å². The summed E-state index contributed by atoms with van der Waals surface area (Å²) >= 11 is 1.90. The number of carbonyl (C=O) groups is 1. The maximum Gasteiger partial charge on any atom is 0.410 e. The van der Waals surface area contributed by atoms with Crippen LogP contribution in [0.1, 0.15) is 27.2 Å². The second kappa shape index (κ2) is 4.86. The molecule has 0 radical (unpaired) electrons. The zero-order valence-corrected chi connectivity index (χ0v) is 12.2. The van der Waals surface area contributed by atoms with Crippen LogP contribution in [0.3, 0.4) is 0 Å². The maximum atomic E-state index is 11.7. The van der Waals surface area contributed by atoms with E-state index >= 15 is 0 Å². The van der Waals surface area contributed by atoms with Gasteiger partial charge in [0.25, 0.3) is 0 Å². The van der Waals surface area contributed by atoms with Gasteiger partial charge in [0.2, 0.25) is 0 Å². The molecule has 2 fully saturated rings. The van der Waals surface area contributed by atoms with E-state index in [1.165, 1.54) is 0 Å². The second-order valence-corrected chi connectivity index (χ2v) is 7.15. The topological polar surface area (TPSA) is 55.6 Å². The van der Waals surface area contributed by atoms with Gasteiger partial charge in [0.15, 0.2) is 0 Å². The average Bonchev–Trinajstić information content (AvgIpc) is 2.40. The Morgan fingerprint density at radius 1 is 1.47 bits per heavy atom. The Hall–Kier alpha value is -0.130. The molecule has 1 spiro atoms. The van der Waals surface area contributed by atoms with Crippen LogP contribution >= 0.6 is 24.2 Å². The predicted octanol–water partition coefficient (Wildman–Crippen LogP) is 1.86. The van der Waals surface area contributed by atoms with Crippen LogP contribution in [0.15, 0.2) is 0 Å². The number of amides is 1. The van der Waals surface area contributed by atoms with Crippen LogP contribution < -0.4 is 5.73 Å². The number of ether oxygens (including phenoxy) is 1. The van der Waals surface area contributed by atoms with Crippen molar-refractivity contribution >= 4 is 30.3 Å². The maximum absolute atomic E-state index is 11.7. The highest BCUT2D eigenvalue weighted by Gasteiger charge is 2.53. The number of rotatable bonds is 0. The minimum atomic E-state index is -0.412. The van der Waals surface area contributed by atoms with Crippen molar-refractivity contribution in [2.24, 2.45) is 5.73 Å². The van der Waals surface area contributed by atoms with Gasteiger partial charge in [0.05, 0.1) is 4.75 Å². The Kier molecular flexibility index (Phi) is 4.27. The van der Waals surface area contributed by atoms with Crippen molar-refractivity contribution in [3.05, 3.63) is 0 Å². The van der Waals surface area contributed by atoms with E-state index in [-0.39, 0.29) is 29.3 Å². The van der Waals surface area contributed by atoms with Crippen molar-refractivity contribution in [2.75, 3.05) is 18.8 Å². The molecule has 0 aromatic carbocycles. The molecule has 100 valence electrons. The Labute approximate surface area is 113 Å². The zero-order chi connectivity index (χ0) is 12.0. The van der Waals surface area contributed by atoms with Crippen LogP contribution in [0.2, 0.25) is 0 Å². The Balaban J connectivity index is 0.00000144. The number of nitrogens with zero attached hydrogens (tertiary/aromatic N) is 1. The molecule has 0 saturated carbocycles. The van der Waals surface area contributed by atoms with Crippen LogP contribution in [0, 0.1) is 0 Å². The van der Waals surface area contributed by atoms with E-state index in [1.54, 1.807) is 4.90 Å². The first-order chi connectivity index (χ1) is 7.32. The van der Waals surface area contributed by atoms with Gasteiger partial charge in [0, 0.05) is 19.1 Å². The molecule has 6 heteroatoms. The summed E-state index contributed by atoms with van der Waals surface area (Å²) in [5, 5.41) is 0. The number of thioether (sulfide) groups is 1. The molecule has 17 heavy (non-hydrogen) atoms. The Morgan fingerprint density at radius 3 is 2.47 bits per heavy atom. The molecular weight excluding hydrogens is 260 g/mol. The first-order valence-electron chi connectivity index (χ1n) is 5.70. The number of hydrogen-bond acceptors (Lipinski definition) is 4. The van der Waals surface area contributed by atoms with Crippen LogP contribution in [0.5, 0.6) is 0 Å². The molecule has 2 heterocycles. The third kappa shape index (κ3) is 3.01. The van der Waals surface area contributed by atoms with Gasteiger partial charge in [-0.15, -0.1) is 24.2 Å². The molecule has 1 atom stereocenters. The Morgan fingerprint density at radius 2 is 2.06 bits per heavy atom. The van der Waals surface area contributed by atoms with Crippen molar-refractivity contribution in [3.63, 3.8) is 0 Å². The van der Waals surface area contributed by atoms with Crippen LogP contribution in [-0.4, -0.2) is 46.2 Å². The monoisotopic (exact) mass is 280 g/mol. The standard InChI is InChI=1S/C11H20N2O2S.ClH/c1-10(2,3)15-9(14)13-6-11(7-13)8(12)4-5-16-11;/h8H,4-7,12H2,1-3H3;1H. The normalized spacial score (nSPS) is 26.4. The first-order valence-corrected chi connectivity index (χ1v) is 6.68. The SMILES string of the molecule is CC(C)(C)OC(=O)N1CC2(C1)SCCC2N.Cl. The zero-order valence-electron chi connectivity index (χ0n) is 10.6. The van der Waals surface area contributed by atoms with Crippen molar-refractivity contribution < 1.29 is 9.53 Å². The summed E-state index contributed by atoms with van der Waals surface area (Å²) in [6.45, 7) is 7.14. The first kappa shape index (κ1) is 14.9. The summed E-state index contributed by atoms with van der Waals surface area (Å²) in [4.78, 5) is 13.5. The molecule has 0 bridgehead atoms. The predicted molar refractivity (Wildman–Crippen MR) is 72.8 cm³/mol. The number of carbonyl (C=O) groups excluding carboxylic acids is 1. The second-order valence-electron chi connectivity index (χ2n) is 5.64. The van der Waals surface area contributed by atoms with Crippen LogP contribution in [0.4, 0.5) is 4.79 Å². The van der Waals surface area contributed by atoms with Gasteiger partial charge < -0.3 is 15.4 Å². The minimum Gasteiger partial charge on any atom is -0.444 e. The van der Waals surface area contributed by atoms with Gasteiger partial charge >= 0.3 is 6.09 Å². The molecule has 1 unspecified atom stereocenters. The van der Waals surface area contributed by atoms with Gasteiger partial charge in [-0.05, 0) is 32.9 Å². The highest BCUT2D eigenvalue weighted by Crippen LogP contribution is 2.44. The quantitative estimate of drug-likeness (QED) is 0.736. The highest BCUT2D eigenvalue weighted by atomic mass is 35.5. The fraction of sp³-hybridized carbons (Fsp3) is 0.909. The summed E-state index contributed by atoms with van der Waals surface area (Å²) in [7, 11) is 0. The summed E-state index contributed by atoms with van der Waals surface area (Å²) in [6.07, 6.45) is 0.852. The van der Waals surface area contributed by atoms with E-state index in [0.717, 1.165) is 25.3 Å². The molecule has 2 aliphatic rings. The van der Waals surface area contributed by atoms with Crippen molar-refractivity contribution in [1.29, 1.82) is 0 Å². The number of hydrogen-bond donors (Lipinski definition) is 1. The molecule has 1 amide bonds. The number of likely N-dealkylation sites (tertiary alicyclic amines) is 1. The molecule has 2 rings (SSSR count). The lowest BCUT2D eigenvalue weighted by Gasteiger charge is -2.49. The average molecular weight is 281 g/mol. The van der Waals surface area contributed by atoms with Gasteiger partial charge in [-0.25, -0.2) is 4.79 Å². The molecular formula is C11H21ClN2O2S. The highest BCUT2D eigenvalue weighted by molar-refractivity contribution is 8.01. The van der Waals surface area contributed by atoms with Crippen molar-refractivity contribution in [3.8, 4) is 0 Å². The molecule has 0 aromatic heterocycles. The third-order valence-electron chi connectivity index (χ3n) is 3.06. The summed E-state index contributed by atoms with van der Waals surface area (Å²) in [5.41, 5.74) is 5.65. The lowest BCUT2D eigenvalue weighted by molar-refractivity contribution is 0.00276. The molecule has 2 saturated heterocycles. The van der Waals surface area contributed by atoms with Gasteiger partial charge in [-0.3, -0.25) is 0 Å². The summed E-state index contributed by atoms with van der Waals surface area (Å²) < 4.78 is 5.44. The van der Waals surface area contributed by atoms with Gasteiger partial charge in [-0.2, -0.15) is 0 Å². The number of halogens is 1. The van der Waals surface area contributed by atoms with Crippen LogP contribution in [0.25, 0.3) is 0 Å². The van der Waals surface area contributed by atoms with Gasteiger partial charge in [0.1, 0.15) is 5.60 Å². The largest absolute Gasteiger partial charge is 0.444 e. The summed E-state index contributed by atoms with van der Waals surface area (Å²) in [5.74, 6) is 1.11. The minimum absolute atomic E-state index is 0. The lowest BCUT2D eigenvalue weighted by Crippen LogP contribution is -2.67. The Bertz CT molecular complexity index is 300. The van der Waals surface area contributed by atoms with E-state index in [0.29, 0.717) is 0 Å². The molecule has 0 aromatic rings. The van der Waals surface area contributed by atoms with E-state index in [9.17, 15) is 4.79 Å². The van der Waals surface area contributed by atoms with E-state index in [1.807, 2.05) is 32.5 Å². The molecule has 0 aliphatic carbocycles. The number of nitrogens with two attached hydrogens (primary N) is 1. The fourth-order valence-electron chi connectivity index (χ4n) is 2.14. The fourth-order valence-corrected chi connectivity index (χ4v) is 3.74. The van der Waals surface area contributed by atoms with Gasteiger partial charge in [-0.1, -0.05) is 0 Å². The van der Waals surface area contributed by atoms with Crippen molar-refractivity contribution in [2.45, 2.75) is 43.6 Å². The van der Waals surface area contributed by atoms with E-state index in [2.05, 4.69) is 0 Å². The molecule has 2 aliphatic heterocycles. The molecule has 4 nitrogen and oxygen atoms in total. The van der Waals surface area contributed by atoms with E-state index < -0.39 is 5.60 Å². The third-order valence-corrected chi connectivity index (χ3v) is 4.64. The summed E-state index contributed by atoms with van der Waals surface area (Å²) in [6, 6.07) is 0.233. The van der Waals surface area contributed by atoms with E-state index in [4.69, 9.17) is 10.5 Å².